The van der Waals surface area contributed by atoms with Gasteiger partial charge in [-0.3, -0.25) is 0 Å². The van der Waals surface area contributed by atoms with Crippen LogP contribution in [0.3, 0.4) is 0 Å². The number of benzene rings is 2. The molecule has 0 radical (unpaired) electrons. The Morgan fingerprint density at radius 1 is 0.833 bits per heavy atom. The van der Waals surface area contributed by atoms with Crippen molar-refractivity contribution in [2.24, 2.45) is 0 Å². The van der Waals surface area contributed by atoms with Crippen LogP contribution in [-0.4, -0.2) is 9.97 Å². The third kappa shape index (κ3) is 3.12. The molecule has 150 valence electrons. The van der Waals surface area contributed by atoms with Gasteiger partial charge in [-0.15, -0.1) is 22.7 Å². The summed E-state index contributed by atoms with van der Waals surface area (Å²) in [6.45, 7) is 0. The molecule has 3 nitrogen and oxygen atoms in total. The Kier molecular flexibility index (Phi) is 4.55. The first-order valence-corrected chi connectivity index (χ1v) is 12.5. The number of nitrogens with one attached hydrogen (secondary N) is 1. The second-order valence-corrected chi connectivity index (χ2v) is 10.7. The summed E-state index contributed by atoms with van der Waals surface area (Å²) in [5, 5.41) is 6.41. The summed E-state index contributed by atoms with van der Waals surface area (Å²) in [6, 6.07) is 13.4. The fourth-order valence-corrected chi connectivity index (χ4v) is 7.45. The van der Waals surface area contributed by atoms with Crippen LogP contribution in [0, 0.1) is 5.82 Å². The zero-order chi connectivity index (χ0) is 20.1. The molecule has 30 heavy (non-hydrogen) atoms. The number of aromatic nitrogens is 2. The number of rotatable bonds is 3. The molecular weight excluding hydrogens is 433 g/mol. The van der Waals surface area contributed by atoms with Gasteiger partial charge in [0.2, 0.25) is 0 Å². The average Bonchev–Trinajstić information content (AvgIpc) is 3.39. The second-order valence-electron chi connectivity index (χ2n) is 7.49. The zero-order valence-electron chi connectivity index (χ0n) is 16.1. The molecule has 2 aromatic carbocycles. The topological polar surface area (TPSA) is 37.8 Å². The smallest absolute Gasteiger partial charge is 0.189 e. The normalized spacial score (nSPS) is 14.2. The van der Waals surface area contributed by atoms with Crippen LogP contribution in [0.15, 0.2) is 42.5 Å². The molecule has 1 N–H and O–H groups in total. The van der Waals surface area contributed by atoms with E-state index in [4.69, 9.17) is 4.98 Å². The van der Waals surface area contributed by atoms with Crippen LogP contribution in [0.2, 0.25) is 0 Å². The van der Waals surface area contributed by atoms with E-state index >= 15 is 0 Å². The number of aryl methyl sites for hydroxylation is 1. The van der Waals surface area contributed by atoms with E-state index in [1.165, 1.54) is 57.4 Å². The predicted octanol–water partition coefficient (Wildman–Crippen LogP) is 7.79. The van der Waals surface area contributed by atoms with E-state index in [1.54, 1.807) is 17.4 Å². The number of thiophene rings is 1. The first kappa shape index (κ1) is 18.4. The van der Waals surface area contributed by atoms with Crippen LogP contribution in [0.5, 0.6) is 0 Å². The van der Waals surface area contributed by atoms with E-state index in [-0.39, 0.29) is 5.82 Å². The van der Waals surface area contributed by atoms with Gasteiger partial charge in [0, 0.05) is 10.4 Å². The summed E-state index contributed by atoms with van der Waals surface area (Å²) >= 11 is 5.06. The zero-order valence-corrected chi connectivity index (χ0v) is 18.5. The maximum atomic E-state index is 14.1. The molecule has 6 rings (SSSR count). The molecule has 0 saturated heterocycles. The minimum absolute atomic E-state index is 0.273. The fraction of sp³-hybridized carbons (Fsp3) is 0.217. The molecule has 0 saturated carbocycles. The van der Waals surface area contributed by atoms with E-state index in [9.17, 15) is 4.39 Å². The van der Waals surface area contributed by atoms with E-state index in [1.807, 2.05) is 23.5 Å². The van der Waals surface area contributed by atoms with Crippen LogP contribution in [0.25, 0.3) is 31.0 Å². The molecule has 1 aliphatic rings. The Hall–Kier alpha value is -2.35. The van der Waals surface area contributed by atoms with Crippen molar-refractivity contribution >= 4 is 64.6 Å². The third-order valence-electron chi connectivity index (χ3n) is 5.52. The van der Waals surface area contributed by atoms with Crippen LogP contribution in [0.4, 0.5) is 14.5 Å². The first-order valence-electron chi connectivity index (χ1n) is 10.1. The molecule has 3 heterocycles. The van der Waals surface area contributed by atoms with Crippen LogP contribution >= 0.6 is 34.0 Å². The average molecular weight is 452 g/mol. The highest BCUT2D eigenvalue weighted by Crippen LogP contribution is 2.47. The predicted molar refractivity (Wildman–Crippen MR) is 127 cm³/mol. The number of anilines is 2. The largest absolute Gasteiger partial charge is 0.323 e. The van der Waals surface area contributed by atoms with Gasteiger partial charge < -0.3 is 5.32 Å². The molecular formula is C23H18FN3S3. The lowest BCUT2D eigenvalue weighted by Gasteiger charge is -2.05. The number of thiazole rings is 2. The van der Waals surface area contributed by atoms with Gasteiger partial charge in [-0.1, -0.05) is 36.0 Å². The lowest BCUT2D eigenvalue weighted by atomic mass is 10.1. The van der Waals surface area contributed by atoms with Crippen LogP contribution in [-0.2, 0) is 12.8 Å². The van der Waals surface area contributed by atoms with Crippen molar-refractivity contribution < 1.29 is 4.39 Å². The van der Waals surface area contributed by atoms with E-state index < -0.39 is 0 Å². The molecule has 0 aliphatic heterocycles. The van der Waals surface area contributed by atoms with E-state index in [0.717, 1.165) is 38.2 Å². The fourth-order valence-electron chi connectivity index (χ4n) is 4.10. The minimum Gasteiger partial charge on any atom is -0.323 e. The highest BCUT2D eigenvalue weighted by molar-refractivity contribution is 7.24. The molecule has 3 aromatic heterocycles. The summed E-state index contributed by atoms with van der Waals surface area (Å²) in [4.78, 5) is 10.9. The first-order chi connectivity index (χ1) is 14.8. The van der Waals surface area contributed by atoms with E-state index in [0.29, 0.717) is 5.52 Å². The Bertz CT molecular complexity index is 1350. The number of para-hydroxylation sites is 2. The highest BCUT2D eigenvalue weighted by atomic mass is 32.1. The molecule has 0 atom stereocenters. The quantitative estimate of drug-likeness (QED) is 0.285. The molecule has 0 unspecified atom stereocenters. The number of halogens is 1. The van der Waals surface area contributed by atoms with Crippen molar-refractivity contribution in [1.82, 2.24) is 9.97 Å². The van der Waals surface area contributed by atoms with Crippen molar-refractivity contribution in [3.63, 3.8) is 0 Å². The SMILES string of the molecule is Fc1cccc2sc(Nc3sc4c(c3-c3nc5ccccc5s3)CCCCC4)nc12. The summed E-state index contributed by atoms with van der Waals surface area (Å²) in [5.41, 5.74) is 4.13. The van der Waals surface area contributed by atoms with Gasteiger partial charge >= 0.3 is 0 Å². The monoisotopic (exact) mass is 451 g/mol. The third-order valence-corrected chi connectivity index (χ3v) is 8.72. The van der Waals surface area contributed by atoms with Crippen molar-refractivity contribution in [3.8, 4) is 10.6 Å². The molecule has 0 bridgehead atoms. The van der Waals surface area contributed by atoms with Crippen molar-refractivity contribution in [2.75, 3.05) is 5.32 Å². The van der Waals surface area contributed by atoms with Crippen molar-refractivity contribution in [1.29, 1.82) is 0 Å². The number of fused-ring (bicyclic) bond motifs is 3. The van der Waals surface area contributed by atoms with Gasteiger partial charge in [0.15, 0.2) is 5.13 Å². The molecule has 5 aromatic rings. The summed E-state index contributed by atoms with van der Waals surface area (Å²) < 4.78 is 16.2. The lowest BCUT2D eigenvalue weighted by Crippen LogP contribution is -1.92. The van der Waals surface area contributed by atoms with Gasteiger partial charge in [0.05, 0.1) is 14.9 Å². The summed E-state index contributed by atoms with van der Waals surface area (Å²) in [6.07, 6.45) is 5.94. The summed E-state index contributed by atoms with van der Waals surface area (Å²) in [7, 11) is 0. The van der Waals surface area contributed by atoms with Gasteiger partial charge in [-0.05, 0) is 55.5 Å². The van der Waals surface area contributed by atoms with Gasteiger partial charge in [-0.2, -0.15) is 0 Å². The standard InChI is InChI=1S/C23H18FN3S3/c24-14-8-6-12-18-20(14)26-23(30-18)27-22-19(13-7-2-1-3-10-16(13)28-22)21-25-15-9-4-5-11-17(15)29-21/h4-6,8-9,11-12H,1-3,7,10H2,(H,26,27). The Labute approximate surface area is 185 Å². The lowest BCUT2D eigenvalue weighted by molar-refractivity contribution is 0.637. The Morgan fingerprint density at radius 2 is 1.70 bits per heavy atom. The molecule has 1 aliphatic carbocycles. The number of hydrogen-bond donors (Lipinski definition) is 1. The number of hydrogen-bond acceptors (Lipinski definition) is 6. The Morgan fingerprint density at radius 3 is 2.60 bits per heavy atom. The molecule has 0 spiro atoms. The van der Waals surface area contributed by atoms with Crippen molar-refractivity contribution in [3.05, 3.63) is 58.7 Å². The highest BCUT2D eigenvalue weighted by Gasteiger charge is 2.24. The second kappa shape index (κ2) is 7.41. The van der Waals surface area contributed by atoms with Gasteiger partial charge in [0.25, 0.3) is 0 Å². The Balaban J connectivity index is 1.50. The van der Waals surface area contributed by atoms with Crippen LogP contribution in [0.1, 0.15) is 29.7 Å². The van der Waals surface area contributed by atoms with Gasteiger partial charge in [0.1, 0.15) is 21.3 Å². The molecule has 0 amide bonds. The van der Waals surface area contributed by atoms with Crippen molar-refractivity contribution in [2.45, 2.75) is 32.1 Å². The summed E-state index contributed by atoms with van der Waals surface area (Å²) in [5.74, 6) is -0.273. The molecule has 0 fully saturated rings. The molecule has 7 heteroatoms. The van der Waals surface area contributed by atoms with Gasteiger partial charge in [-0.25, -0.2) is 14.4 Å². The van der Waals surface area contributed by atoms with Crippen LogP contribution < -0.4 is 5.32 Å². The number of nitrogens with zero attached hydrogens (tertiary/aromatic N) is 2. The maximum Gasteiger partial charge on any atom is 0.189 e. The minimum atomic E-state index is -0.273. The maximum absolute atomic E-state index is 14.1. The van der Waals surface area contributed by atoms with E-state index in [2.05, 4.69) is 28.5 Å².